The van der Waals surface area contributed by atoms with Gasteiger partial charge in [-0.05, 0) is 24.2 Å². The molecule has 0 spiro atoms. The van der Waals surface area contributed by atoms with Gasteiger partial charge in [0.1, 0.15) is 0 Å². The zero-order valence-electron chi connectivity index (χ0n) is 15.4. The fourth-order valence-corrected chi connectivity index (χ4v) is 2.91. The van der Waals surface area contributed by atoms with E-state index in [4.69, 9.17) is 0 Å². The predicted molar refractivity (Wildman–Crippen MR) is 110 cm³/mol. The van der Waals surface area contributed by atoms with E-state index in [2.05, 4.69) is 15.7 Å². The molecule has 1 amide bonds. The van der Waals surface area contributed by atoms with Crippen LogP contribution in [0, 0.1) is 0 Å². The normalized spacial score (nSPS) is 10.4. The number of para-hydroxylation sites is 1. The molecule has 2 N–H and O–H groups in total. The van der Waals surface area contributed by atoms with Crippen LogP contribution in [0.3, 0.4) is 0 Å². The molecule has 3 aromatic rings. The van der Waals surface area contributed by atoms with Crippen LogP contribution in [0.4, 0.5) is 5.69 Å². The molecule has 0 atom stereocenters. The topological polar surface area (TPSA) is 76.0 Å². The van der Waals surface area contributed by atoms with Crippen LogP contribution in [0.25, 0.3) is 10.8 Å². The summed E-state index contributed by atoms with van der Waals surface area (Å²) in [6.45, 7) is 3.59. The fourth-order valence-electron chi connectivity index (χ4n) is 2.91. The maximum atomic E-state index is 12.6. The first-order valence-corrected chi connectivity index (χ1v) is 8.63. The van der Waals surface area contributed by atoms with Crippen LogP contribution in [0.2, 0.25) is 0 Å². The zero-order valence-corrected chi connectivity index (χ0v) is 16.2. The quantitative estimate of drug-likeness (QED) is 0.682. The lowest BCUT2D eigenvalue weighted by Crippen LogP contribution is -2.24. The van der Waals surface area contributed by atoms with Crippen molar-refractivity contribution in [1.82, 2.24) is 15.1 Å². The van der Waals surface area contributed by atoms with Gasteiger partial charge < -0.3 is 10.6 Å². The Morgan fingerprint density at radius 1 is 1.07 bits per heavy atom. The minimum absolute atomic E-state index is 0. The van der Waals surface area contributed by atoms with Crippen LogP contribution in [-0.4, -0.2) is 22.2 Å². The first kappa shape index (κ1) is 20.6. The summed E-state index contributed by atoms with van der Waals surface area (Å²) in [5.74, 6) is -0.162. The number of aromatic nitrogens is 2. The minimum Gasteiger partial charge on any atom is -0.325 e. The summed E-state index contributed by atoms with van der Waals surface area (Å²) in [4.78, 5) is 24.8. The maximum Gasteiger partial charge on any atom is 0.274 e. The molecule has 0 saturated carbocycles. The molecule has 6 nitrogen and oxygen atoms in total. The van der Waals surface area contributed by atoms with E-state index in [1.807, 2.05) is 49.4 Å². The summed E-state index contributed by atoms with van der Waals surface area (Å²) in [6, 6.07) is 14.9. The number of fused-ring (bicyclic) bond motifs is 1. The first-order chi connectivity index (χ1) is 12.6. The number of amides is 1. The van der Waals surface area contributed by atoms with Crippen molar-refractivity contribution in [3.63, 3.8) is 0 Å². The SMILES string of the molecule is CCNCc1ccccc1NC(=O)Cc1nn(C)c(=O)c2ccccc12.Cl. The number of rotatable bonds is 6. The van der Waals surface area contributed by atoms with E-state index in [9.17, 15) is 9.59 Å². The smallest absolute Gasteiger partial charge is 0.274 e. The van der Waals surface area contributed by atoms with Crippen molar-refractivity contribution in [2.24, 2.45) is 7.05 Å². The molecule has 27 heavy (non-hydrogen) atoms. The average Bonchev–Trinajstić information content (AvgIpc) is 2.65. The van der Waals surface area contributed by atoms with Crippen molar-refractivity contribution in [3.05, 3.63) is 70.1 Å². The Bertz CT molecular complexity index is 1000. The highest BCUT2D eigenvalue weighted by Gasteiger charge is 2.13. The molecule has 0 fully saturated rings. The molecular weight excluding hydrogens is 364 g/mol. The molecule has 142 valence electrons. The highest BCUT2D eigenvalue weighted by Crippen LogP contribution is 2.17. The highest BCUT2D eigenvalue weighted by atomic mass is 35.5. The molecule has 7 heteroatoms. The molecule has 0 radical (unpaired) electrons. The molecule has 1 heterocycles. The highest BCUT2D eigenvalue weighted by molar-refractivity contribution is 5.95. The maximum absolute atomic E-state index is 12.6. The summed E-state index contributed by atoms with van der Waals surface area (Å²) < 4.78 is 1.28. The van der Waals surface area contributed by atoms with Gasteiger partial charge in [0.25, 0.3) is 5.56 Å². The molecule has 0 aliphatic heterocycles. The van der Waals surface area contributed by atoms with Crippen molar-refractivity contribution < 1.29 is 4.79 Å². The molecular formula is C20H23ClN4O2. The number of nitrogens with zero attached hydrogens (tertiary/aromatic N) is 2. The first-order valence-electron chi connectivity index (χ1n) is 8.63. The minimum atomic E-state index is -0.166. The summed E-state index contributed by atoms with van der Waals surface area (Å²) in [6.07, 6.45) is 0.101. The number of hydrogen-bond acceptors (Lipinski definition) is 4. The molecule has 0 saturated heterocycles. The van der Waals surface area contributed by atoms with Crippen LogP contribution in [0.15, 0.2) is 53.3 Å². The zero-order chi connectivity index (χ0) is 18.5. The number of aryl methyl sites for hydroxylation is 1. The largest absolute Gasteiger partial charge is 0.325 e. The van der Waals surface area contributed by atoms with Crippen LogP contribution in [-0.2, 0) is 24.8 Å². The fraction of sp³-hybridized carbons (Fsp3) is 0.250. The van der Waals surface area contributed by atoms with E-state index in [1.165, 1.54) is 4.68 Å². The van der Waals surface area contributed by atoms with E-state index >= 15 is 0 Å². The molecule has 3 rings (SSSR count). The van der Waals surface area contributed by atoms with E-state index in [0.29, 0.717) is 23.0 Å². The van der Waals surface area contributed by atoms with Crippen LogP contribution >= 0.6 is 12.4 Å². The van der Waals surface area contributed by atoms with Crippen LogP contribution in [0.1, 0.15) is 18.2 Å². The van der Waals surface area contributed by atoms with E-state index in [0.717, 1.165) is 17.8 Å². The molecule has 0 aliphatic rings. The molecule has 0 unspecified atom stereocenters. The number of benzene rings is 2. The third-order valence-corrected chi connectivity index (χ3v) is 4.22. The van der Waals surface area contributed by atoms with Crippen molar-refractivity contribution in [2.45, 2.75) is 19.9 Å². The lowest BCUT2D eigenvalue weighted by Gasteiger charge is -2.12. The van der Waals surface area contributed by atoms with Gasteiger partial charge >= 0.3 is 0 Å². The van der Waals surface area contributed by atoms with Gasteiger partial charge in [-0.1, -0.05) is 43.3 Å². The van der Waals surface area contributed by atoms with Gasteiger partial charge in [0.05, 0.1) is 17.5 Å². The number of carbonyl (C=O) groups excluding carboxylic acids is 1. The Kier molecular flexibility index (Phi) is 7.10. The van der Waals surface area contributed by atoms with Crippen molar-refractivity contribution in [3.8, 4) is 0 Å². The van der Waals surface area contributed by atoms with Gasteiger partial charge in [0, 0.05) is 24.7 Å². The Labute approximate surface area is 164 Å². The number of anilines is 1. The molecule has 2 aromatic carbocycles. The summed E-state index contributed by atoms with van der Waals surface area (Å²) >= 11 is 0. The number of halogens is 1. The standard InChI is InChI=1S/C20H22N4O2.ClH/c1-3-21-13-14-8-4-7-11-17(14)22-19(25)12-18-15-9-5-6-10-16(15)20(26)24(2)23-18;/h4-11,21H,3,12-13H2,1-2H3,(H,22,25);1H. The lowest BCUT2D eigenvalue weighted by molar-refractivity contribution is -0.115. The Morgan fingerprint density at radius 3 is 2.48 bits per heavy atom. The molecule has 1 aromatic heterocycles. The van der Waals surface area contributed by atoms with Crippen molar-refractivity contribution in [2.75, 3.05) is 11.9 Å². The second-order valence-corrected chi connectivity index (χ2v) is 6.08. The van der Waals surface area contributed by atoms with Gasteiger partial charge in [-0.3, -0.25) is 9.59 Å². The van der Waals surface area contributed by atoms with Crippen LogP contribution < -0.4 is 16.2 Å². The van der Waals surface area contributed by atoms with Gasteiger partial charge in [0.2, 0.25) is 5.91 Å². The van der Waals surface area contributed by atoms with Crippen molar-refractivity contribution >= 4 is 34.8 Å². The third-order valence-electron chi connectivity index (χ3n) is 4.22. The Hall–Kier alpha value is -2.70. The van der Waals surface area contributed by atoms with Gasteiger partial charge in [-0.25, -0.2) is 4.68 Å². The number of nitrogens with one attached hydrogen (secondary N) is 2. The Balaban J connectivity index is 0.00000261. The van der Waals surface area contributed by atoms with Crippen molar-refractivity contribution in [1.29, 1.82) is 0 Å². The third kappa shape index (κ3) is 4.72. The van der Waals surface area contributed by atoms with Gasteiger partial charge in [-0.15, -0.1) is 12.4 Å². The Morgan fingerprint density at radius 2 is 1.74 bits per heavy atom. The second-order valence-electron chi connectivity index (χ2n) is 6.08. The molecule has 0 bridgehead atoms. The van der Waals surface area contributed by atoms with E-state index in [-0.39, 0.29) is 30.3 Å². The van der Waals surface area contributed by atoms with E-state index in [1.54, 1.807) is 13.1 Å². The summed E-state index contributed by atoms with van der Waals surface area (Å²) in [5, 5.41) is 11.8. The number of carbonyl (C=O) groups is 1. The second kappa shape index (κ2) is 9.30. The van der Waals surface area contributed by atoms with Gasteiger partial charge in [0.15, 0.2) is 0 Å². The van der Waals surface area contributed by atoms with Crippen LogP contribution in [0.5, 0.6) is 0 Å². The monoisotopic (exact) mass is 386 g/mol. The summed E-state index contributed by atoms with van der Waals surface area (Å²) in [5.41, 5.74) is 2.23. The van der Waals surface area contributed by atoms with E-state index < -0.39 is 0 Å². The molecule has 0 aliphatic carbocycles. The average molecular weight is 387 g/mol. The lowest BCUT2D eigenvalue weighted by atomic mass is 10.1. The number of hydrogen-bond donors (Lipinski definition) is 2. The predicted octanol–water partition coefficient (Wildman–Crippen LogP) is 2.65. The van der Waals surface area contributed by atoms with Gasteiger partial charge in [-0.2, -0.15) is 5.10 Å². The summed E-state index contributed by atoms with van der Waals surface area (Å²) in [7, 11) is 1.60.